The molecule has 2 rings (SSSR count). The molecular formula is C19H32Cl3N3O3. The molecule has 1 atom stereocenters. The Labute approximate surface area is 185 Å². The second-order valence-corrected chi connectivity index (χ2v) is 7.56. The second kappa shape index (κ2) is 13.6. The molecule has 1 heterocycles. The van der Waals surface area contributed by atoms with Crippen molar-refractivity contribution in [3.63, 3.8) is 0 Å². The highest BCUT2D eigenvalue weighted by atomic mass is 35.5. The SMILES string of the molecule is COCCNCC(=O)NCC(c1ccc(Cl)cc1)N1CCOC(C)(C)C1.Cl.Cl. The van der Waals surface area contributed by atoms with Gasteiger partial charge in [0.05, 0.1) is 31.4 Å². The van der Waals surface area contributed by atoms with Crippen LogP contribution in [0.5, 0.6) is 0 Å². The van der Waals surface area contributed by atoms with E-state index in [2.05, 4.69) is 29.4 Å². The Bertz CT molecular complexity index is 573. The molecule has 1 fully saturated rings. The highest BCUT2D eigenvalue weighted by molar-refractivity contribution is 6.30. The fourth-order valence-electron chi connectivity index (χ4n) is 3.11. The van der Waals surface area contributed by atoms with Crippen LogP contribution in [0, 0.1) is 0 Å². The van der Waals surface area contributed by atoms with Crippen molar-refractivity contribution in [3.05, 3.63) is 34.9 Å². The van der Waals surface area contributed by atoms with Crippen LogP contribution in [-0.2, 0) is 14.3 Å². The number of amides is 1. The first-order valence-electron chi connectivity index (χ1n) is 9.01. The molecule has 9 heteroatoms. The number of methoxy groups -OCH3 is 1. The maximum atomic E-state index is 12.1. The normalized spacial score (nSPS) is 17.1. The lowest BCUT2D eigenvalue weighted by Gasteiger charge is -2.42. The van der Waals surface area contributed by atoms with Crippen LogP contribution in [0.3, 0.4) is 0 Å². The Morgan fingerprint density at radius 2 is 2.00 bits per heavy atom. The molecule has 0 aliphatic carbocycles. The average molecular weight is 457 g/mol. The highest BCUT2D eigenvalue weighted by Gasteiger charge is 2.32. The summed E-state index contributed by atoms with van der Waals surface area (Å²) in [6.07, 6.45) is 0. The van der Waals surface area contributed by atoms with E-state index >= 15 is 0 Å². The minimum atomic E-state index is -0.200. The highest BCUT2D eigenvalue weighted by Crippen LogP contribution is 2.27. The fraction of sp³-hybridized carbons (Fsp3) is 0.632. The molecule has 0 saturated carbocycles. The molecule has 0 spiro atoms. The first-order chi connectivity index (χ1) is 12.4. The van der Waals surface area contributed by atoms with E-state index in [0.29, 0.717) is 31.3 Å². The lowest BCUT2D eigenvalue weighted by molar-refractivity contribution is -0.121. The predicted octanol–water partition coefficient (Wildman–Crippen LogP) is 2.69. The van der Waals surface area contributed by atoms with E-state index in [0.717, 1.165) is 18.7 Å². The standard InChI is InChI=1S/C19H30ClN3O3.2ClH/c1-19(2)14-23(9-11-26-19)17(15-4-6-16(20)7-5-15)12-22-18(24)13-21-8-10-25-3;;/h4-7,17,21H,8-14H2,1-3H3,(H,22,24);2*1H. The molecule has 0 bridgehead atoms. The van der Waals surface area contributed by atoms with Gasteiger partial charge in [-0.15, -0.1) is 24.8 Å². The Kier molecular flexibility index (Phi) is 13.3. The lowest BCUT2D eigenvalue weighted by Crippen LogP contribution is -2.51. The molecule has 1 saturated heterocycles. The van der Waals surface area contributed by atoms with E-state index in [1.165, 1.54) is 0 Å². The molecule has 0 radical (unpaired) electrons. The van der Waals surface area contributed by atoms with Gasteiger partial charge < -0.3 is 20.1 Å². The third kappa shape index (κ3) is 9.27. The molecule has 1 aromatic rings. The molecule has 1 aliphatic rings. The number of carbonyl (C=O) groups is 1. The van der Waals surface area contributed by atoms with Gasteiger partial charge in [0.25, 0.3) is 0 Å². The first-order valence-corrected chi connectivity index (χ1v) is 9.39. The summed E-state index contributed by atoms with van der Waals surface area (Å²) < 4.78 is 10.8. The summed E-state index contributed by atoms with van der Waals surface area (Å²) in [5, 5.41) is 6.81. The molecule has 1 aliphatic heterocycles. The Balaban J connectivity index is 0.00000364. The van der Waals surface area contributed by atoms with E-state index < -0.39 is 0 Å². The Morgan fingerprint density at radius 1 is 1.32 bits per heavy atom. The van der Waals surface area contributed by atoms with Crippen molar-refractivity contribution in [1.82, 2.24) is 15.5 Å². The van der Waals surface area contributed by atoms with Gasteiger partial charge >= 0.3 is 0 Å². The van der Waals surface area contributed by atoms with Gasteiger partial charge in [0.1, 0.15) is 0 Å². The van der Waals surface area contributed by atoms with Crippen LogP contribution in [-0.4, -0.2) is 69.5 Å². The quantitative estimate of drug-likeness (QED) is 0.559. The van der Waals surface area contributed by atoms with Crippen molar-refractivity contribution in [2.75, 3.05) is 53.0 Å². The van der Waals surface area contributed by atoms with Crippen molar-refractivity contribution in [3.8, 4) is 0 Å². The van der Waals surface area contributed by atoms with Gasteiger partial charge in [-0.1, -0.05) is 23.7 Å². The summed E-state index contributed by atoms with van der Waals surface area (Å²) in [4.78, 5) is 14.5. The molecule has 0 aromatic heterocycles. The largest absolute Gasteiger partial charge is 0.383 e. The van der Waals surface area contributed by atoms with Gasteiger partial charge in [-0.05, 0) is 31.5 Å². The maximum absolute atomic E-state index is 12.1. The number of nitrogens with zero attached hydrogens (tertiary/aromatic N) is 1. The first kappa shape index (κ1) is 27.4. The number of hydrogen-bond donors (Lipinski definition) is 2. The number of halogens is 3. The molecular weight excluding hydrogens is 425 g/mol. The van der Waals surface area contributed by atoms with E-state index in [1.807, 2.05) is 24.3 Å². The number of rotatable bonds is 9. The topological polar surface area (TPSA) is 62.8 Å². The Hall–Kier alpha value is -0.600. The van der Waals surface area contributed by atoms with Gasteiger partial charge in [0, 0.05) is 38.3 Å². The monoisotopic (exact) mass is 455 g/mol. The third-order valence-electron chi connectivity index (χ3n) is 4.41. The second-order valence-electron chi connectivity index (χ2n) is 7.12. The predicted molar refractivity (Wildman–Crippen MR) is 118 cm³/mol. The maximum Gasteiger partial charge on any atom is 0.234 e. The Morgan fingerprint density at radius 3 is 2.61 bits per heavy atom. The van der Waals surface area contributed by atoms with Crippen molar-refractivity contribution in [2.45, 2.75) is 25.5 Å². The summed E-state index contributed by atoms with van der Waals surface area (Å²) in [5.41, 5.74) is 0.939. The van der Waals surface area contributed by atoms with Crippen molar-refractivity contribution < 1.29 is 14.3 Å². The van der Waals surface area contributed by atoms with E-state index in [4.69, 9.17) is 21.1 Å². The van der Waals surface area contributed by atoms with Gasteiger partial charge in [0.2, 0.25) is 5.91 Å². The zero-order valence-corrected chi connectivity index (χ0v) is 19.1. The number of nitrogens with one attached hydrogen (secondary N) is 2. The van der Waals surface area contributed by atoms with Crippen LogP contribution in [0.15, 0.2) is 24.3 Å². The summed E-state index contributed by atoms with van der Waals surface area (Å²) in [6.45, 7) is 8.58. The van der Waals surface area contributed by atoms with E-state index in [-0.39, 0.29) is 48.9 Å². The third-order valence-corrected chi connectivity index (χ3v) is 4.66. The van der Waals surface area contributed by atoms with Crippen molar-refractivity contribution in [1.29, 1.82) is 0 Å². The lowest BCUT2D eigenvalue weighted by atomic mass is 10.0. The van der Waals surface area contributed by atoms with Crippen LogP contribution < -0.4 is 10.6 Å². The molecule has 162 valence electrons. The van der Waals surface area contributed by atoms with Crippen LogP contribution >= 0.6 is 36.4 Å². The summed E-state index contributed by atoms with van der Waals surface area (Å²) >= 11 is 6.04. The summed E-state index contributed by atoms with van der Waals surface area (Å²) in [7, 11) is 1.64. The smallest absolute Gasteiger partial charge is 0.234 e. The average Bonchev–Trinajstić information content (AvgIpc) is 2.59. The molecule has 1 aromatic carbocycles. The zero-order chi connectivity index (χ0) is 19.0. The molecule has 6 nitrogen and oxygen atoms in total. The number of ether oxygens (including phenoxy) is 2. The van der Waals surface area contributed by atoms with Crippen LogP contribution in [0.1, 0.15) is 25.5 Å². The minimum Gasteiger partial charge on any atom is -0.383 e. The summed E-state index contributed by atoms with van der Waals surface area (Å²) in [5.74, 6) is -0.0208. The van der Waals surface area contributed by atoms with Gasteiger partial charge in [-0.25, -0.2) is 0 Å². The van der Waals surface area contributed by atoms with Crippen molar-refractivity contribution >= 4 is 42.3 Å². The fourth-order valence-corrected chi connectivity index (χ4v) is 3.24. The van der Waals surface area contributed by atoms with Gasteiger partial charge in [0.15, 0.2) is 0 Å². The van der Waals surface area contributed by atoms with Crippen LogP contribution in [0.4, 0.5) is 0 Å². The number of morpholine rings is 1. The van der Waals surface area contributed by atoms with Gasteiger partial charge in [-0.2, -0.15) is 0 Å². The van der Waals surface area contributed by atoms with E-state index in [1.54, 1.807) is 7.11 Å². The zero-order valence-electron chi connectivity index (χ0n) is 16.7. The van der Waals surface area contributed by atoms with Crippen LogP contribution in [0.25, 0.3) is 0 Å². The molecule has 2 N–H and O–H groups in total. The van der Waals surface area contributed by atoms with Crippen LogP contribution in [0.2, 0.25) is 5.02 Å². The summed E-state index contributed by atoms with van der Waals surface area (Å²) in [6, 6.07) is 7.92. The minimum absolute atomic E-state index is 0. The van der Waals surface area contributed by atoms with Gasteiger partial charge in [-0.3, -0.25) is 9.69 Å². The number of benzene rings is 1. The molecule has 28 heavy (non-hydrogen) atoms. The number of carbonyl (C=O) groups excluding carboxylic acids is 1. The van der Waals surface area contributed by atoms with E-state index in [9.17, 15) is 4.79 Å². The molecule has 1 unspecified atom stereocenters. The van der Waals surface area contributed by atoms with Crippen molar-refractivity contribution in [2.24, 2.45) is 0 Å². The number of hydrogen-bond acceptors (Lipinski definition) is 5. The molecule has 1 amide bonds.